The highest BCUT2D eigenvalue weighted by atomic mass is 16.6. The summed E-state index contributed by atoms with van der Waals surface area (Å²) in [5.41, 5.74) is 3.82. The smallest absolute Gasteiger partial charge is 0.273 e. The van der Waals surface area contributed by atoms with Gasteiger partial charge < -0.3 is 10.3 Å². The number of hydrogen-bond donors (Lipinski definition) is 2. The van der Waals surface area contributed by atoms with Crippen LogP contribution >= 0.6 is 0 Å². The van der Waals surface area contributed by atoms with Crippen molar-refractivity contribution in [1.29, 1.82) is 0 Å². The highest BCUT2D eigenvalue weighted by Gasteiger charge is 2.12. The predicted octanol–water partition coefficient (Wildman–Crippen LogP) is 2.36. The number of nitro benzene ring substituents is 1. The normalized spacial score (nSPS) is 10.5. The lowest BCUT2D eigenvalue weighted by Gasteiger charge is -2.20. The Kier molecular flexibility index (Phi) is 4.91. The Balaban J connectivity index is 2.93. The summed E-state index contributed by atoms with van der Waals surface area (Å²) in [6.07, 6.45) is 1.03. The maximum absolute atomic E-state index is 10.8. The van der Waals surface area contributed by atoms with Gasteiger partial charge >= 0.3 is 0 Å². The Bertz CT molecular complexity index is 421. The van der Waals surface area contributed by atoms with Crippen LogP contribution in [0.3, 0.4) is 0 Å². The Hall–Kier alpha value is -1.82. The van der Waals surface area contributed by atoms with Crippen molar-refractivity contribution in [2.75, 3.05) is 23.9 Å². The maximum Gasteiger partial charge on any atom is 0.273 e. The molecule has 0 atom stereocenters. The molecule has 0 aliphatic heterocycles. The average molecular weight is 252 g/mol. The first-order chi connectivity index (χ1) is 8.43. The summed E-state index contributed by atoms with van der Waals surface area (Å²) >= 11 is 0. The van der Waals surface area contributed by atoms with Crippen LogP contribution in [0.2, 0.25) is 0 Å². The van der Waals surface area contributed by atoms with Crippen molar-refractivity contribution >= 4 is 17.1 Å². The Morgan fingerprint density at radius 1 is 1.44 bits per heavy atom. The molecule has 0 heterocycles. The fraction of sp³-hybridized carbons (Fsp3) is 0.500. The molecule has 0 amide bonds. The summed E-state index contributed by atoms with van der Waals surface area (Å²) in [4.78, 5) is 12.4. The summed E-state index contributed by atoms with van der Waals surface area (Å²) in [5.74, 6) is 5.91. The Labute approximate surface area is 107 Å². The summed E-state index contributed by atoms with van der Waals surface area (Å²) in [6.45, 7) is 5.14. The lowest BCUT2D eigenvalue weighted by atomic mass is 10.1. The number of nitrogens with two attached hydrogens (primary N) is 1. The topological polar surface area (TPSA) is 84.4 Å². The van der Waals surface area contributed by atoms with E-state index < -0.39 is 4.92 Å². The van der Waals surface area contributed by atoms with E-state index in [1.54, 1.807) is 12.1 Å². The SMILES string of the molecule is CC(C)CCN(C)c1cc(NN)cc([N+](=O)[O-])c1. The first-order valence-electron chi connectivity index (χ1n) is 5.91. The molecule has 0 radical (unpaired) electrons. The molecule has 0 saturated heterocycles. The first kappa shape index (κ1) is 14.2. The molecule has 0 fully saturated rings. The van der Waals surface area contributed by atoms with Gasteiger partial charge in [0.2, 0.25) is 0 Å². The Morgan fingerprint density at radius 2 is 2.11 bits per heavy atom. The zero-order valence-electron chi connectivity index (χ0n) is 11.0. The van der Waals surface area contributed by atoms with Gasteiger partial charge in [0.15, 0.2) is 0 Å². The van der Waals surface area contributed by atoms with E-state index in [9.17, 15) is 10.1 Å². The van der Waals surface area contributed by atoms with Gasteiger partial charge in [0.25, 0.3) is 5.69 Å². The number of rotatable bonds is 6. The van der Waals surface area contributed by atoms with E-state index in [4.69, 9.17) is 5.84 Å². The molecule has 0 saturated carbocycles. The van der Waals surface area contributed by atoms with Gasteiger partial charge in [-0.3, -0.25) is 16.0 Å². The third-order valence-electron chi connectivity index (χ3n) is 2.76. The molecule has 0 aliphatic carbocycles. The van der Waals surface area contributed by atoms with Gasteiger partial charge in [-0.05, 0) is 18.4 Å². The lowest BCUT2D eigenvalue weighted by Crippen LogP contribution is -2.20. The molecule has 1 rings (SSSR count). The standard InChI is InChI=1S/C12H20N4O2/c1-9(2)4-5-15(3)11-6-10(14-13)7-12(8-11)16(17)18/h6-9,14H,4-5,13H2,1-3H3. The summed E-state index contributed by atoms with van der Waals surface area (Å²) in [5, 5.41) is 10.8. The van der Waals surface area contributed by atoms with Crippen LogP contribution in [0.1, 0.15) is 20.3 Å². The number of nitrogens with zero attached hydrogens (tertiary/aromatic N) is 2. The highest BCUT2D eigenvalue weighted by Crippen LogP contribution is 2.26. The average Bonchev–Trinajstić information content (AvgIpc) is 2.35. The van der Waals surface area contributed by atoms with E-state index in [0.717, 1.165) is 18.7 Å². The van der Waals surface area contributed by atoms with Crippen molar-refractivity contribution in [3.8, 4) is 0 Å². The van der Waals surface area contributed by atoms with Crippen LogP contribution in [-0.2, 0) is 0 Å². The monoisotopic (exact) mass is 252 g/mol. The fourth-order valence-corrected chi connectivity index (χ4v) is 1.59. The summed E-state index contributed by atoms with van der Waals surface area (Å²) in [6, 6.07) is 4.77. The molecule has 6 heteroatoms. The number of benzene rings is 1. The molecule has 0 unspecified atom stereocenters. The number of hydrazine groups is 1. The maximum atomic E-state index is 10.8. The van der Waals surface area contributed by atoms with Crippen LogP contribution in [0, 0.1) is 16.0 Å². The van der Waals surface area contributed by atoms with Crippen LogP contribution in [0.25, 0.3) is 0 Å². The van der Waals surface area contributed by atoms with Gasteiger partial charge in [0, 0.05) is 31.4 Å². The zero-order valence-corrected chi connectivity index (χ0v) is 11.0. The number of nitro groups is 1. The zero-order chi connectivity index (χ0) is 13.7. The molecule has 6 nitrogen and oxygen atoms in total. The van der Waals surface area contributed by atoms with E-state index in [1.807, 2.05) is 11.9 Å². The van der Waals surface area contributed by atoms with E-state index in [2.05, 4.69) is 19.3 Å². The molecule has 0 aliphatic rings. The molecule has 0 spiro atoms. The van der Waals surface area contributed by atoms with Gasteiger partial charge in [0.1, 0.15) is 0 Å². The van der Waals surface area contributed by atoms with Crippen LogP contribution in [-0.4, -0.2) is 18.5 Å². The van der Waals surface area contributed by atoms with E-state index >= 15 is 0 Å². The number of nitrogen functional groups attached to an aromatic ring is 1. The van der Waals surface area contributed by atoms with Crippen molar-refractivity contribution in [2.24, 2.45) is 11.8 Å². The van der Waals surface area contributed by atoms with Crippen LogP contribution < -0.4 is 16.2 Å². The van der Waals surface area contributed by atoms with Crippen LogP contribution in [0.5, 0.6) is 0 Å². The minimum atomic E-state index is -0.416. The second-order valence-electron chi connectivity index (χ2n) is 4.74. The molecule has 1 aromatic rings. The fourth-order valence-electron chi connectivity index (χ4n) is 1.59. The van der Waals surface area contributed by atoms with Crippen LogP contribution in [0.4, 0.5) is 17.1 Å². The van der Waals surface area contributed by atoms with Crippen molar-refractivity contribution < 1.29 is 4.92 Å². The molecular formula is C12H20N4O2. The third kappa shape index (κ3) is 3.89. The number of anilines is 2. The molecule has 1 aromatic carbocycles. The number of non-ortho nitro benzene ring substituents is 1. The second-order valence-corrected chi connectivity index (χ2v) is 4.74. The van der Waals surface area contributed by atoms with Gasteiger partial charge in [-0.1, -0.05) is 13.8 Å². The van der Waals surface area contributed by atoms with Gasteiger partial charge in [0.05, 0.1) is 10.6 Å². The van der Waals surface area contributed by atoms with E-state index in [0.29, 0.717) is 11.6 Å². The molecule has 0 bridgehead atoms. The molecular weight excluding hydrogens is 232 g/mol. The van der Waals surface area contributed by atoms with E-state index in [1.165, 1.54) is 6.07 Å². The van der Waals surface area contributed by atoms with Crippen molar-refractivity contribution in [3.05, 3.63) is 28.3 Å². The highest BCUT2D eigenvalue weighted by molar-refractivity contribution is 5.63. The second kappa shape index (κ2) is 6.20. The molecule has 18 heavy (non-hydrogen) atoms. The van der Waals surface area contributed by atoms with Crippen LogP contribution in [0.15, 0.2) is 18.2 Å². The predicted molar refractivity (Wildman–Crippen MR) is 73.6 cm³/mol. The quantitative estimate of drug-likeness (QED) is 0.461. The van der Waals surface area contributed by atoms with Crippen molar-refractivity contribution in [1.82, 2.24) is 0 Å². The van der Waals surface area contributed by atoms with Gasteiger partial charge in [-0.15, -0.1) is 0 Å². The summed E-state index contributed by atoms with van der Waals surface area (Å²) in [7, 11) is 1.92. The minimum Gasteiger partial charge on any atom is -0.374 e. The number of nitrogens with one attached hydrogen (secondary N) is 1. The van der Waals surface area contributed by atoms with Crippen molar-refractivity contribution in [2.45, 2.75) is 20.3 Å². The third-order valence-corrected chi connectivity index (χ3v) is 2.76. The van der Waals surface area contributed by atoms with Gasteiger partial charge in [-0.2, -0.15) is 0 Å². The van der Waals surface area contributed by atoms with Gasteiger partial charge in [-0.25, -0.2) is 0 Å². The van der Waals surface area contributed by atoms with Crippen molar-refractivity contribution in [3.63, 3.8) is 0 Å². The Morgan fingerprint density at radius 3 is 2.61 bits per heavy atom. The lowest BCUT2D eigenvalue weighted by molar-refractivity contribution is -0.384. The molecule has 100 valence electrons. The largest absolute Gasteiger partial charge is 0.374 e. The first-order valence-corrected chi connectivity index (χ1v) is 5.91. The molecule has 0 aromatic heterocycles. The number of hydrogen-bond acceptors (Lipinski definition) is 5. The minimum absolute atomic E-state index is 0.0387. The van der Waals surface area contributed by atoms with E-state index in [-0.39, 0.29) is 5.69 Å². The summed E-state index contributed by atoms with van der Waals surface area (Å²) < 4.78 is 0. The molecule has 3 N–H and O–H groups in total.